The minimum Gasteiger partial charge on any atom is -0.507 e. The summed E-state index contributed by atoms with van der Waals surface area (Å²) in [6, 6.07) is 20.7. The molecule has 2 aromatic carbocycles. The van der Waals surface area contributed by atoms with Gasteiger partial charge in [0, 0.05) is 36.1 Å². The second-order valence-corrected chi connectivity index (χ2v) is 6.85. The van der Waals surface area contributed by atoms with Crippen LogP contribution in [0.3, 0.4) is 0 Å². The Kier molecular flexibility index (Phi) is 9.49. The summed E-state index contributed by atoms with van der Waals surface area (Å²) >= 11 is 0. The number of carbonyl (C=O) groups excluding carboxylic acids is 1. The van der Waals surface area contributed by atoms with Crippen molar-refractivity contribution < 1.29 is 9.90 Å². The smallest absolute Gasteiger partial charge is 0.245 e. The number of anilines is 1. The molecular weight excluding hydrogens is 388 g/mol. The first-order chi connectivity index (χ1) is 15.0. The number of phenols is 1. The number of nitrogen functional groups attached to an aromatic ring is 1. The van der Waals surface area contributed by atoms with Crippen LogP contribution < -0.4 is 11.5 Å². The average Bonchev–Trinajstić information content (AvgIpc) is 3.48. The third-order valence-corrected chi connectivity index (χ3v) is 4.60. The topological polar surface area (TPSA) is 108 Å². The molecule has 6 nitrogen and oxygen atoms in total. The van der Waals surface area contributed by atoms with Gasteiger partial charge in [-0.3, -0.25) is 4.79 Å². The maximum absolute atomic E-state index is 10.8. The molecule has 0 unspecified atom stereocenters. The maximum Gasteiger partial charge on any atom is 0.245 e. The van der Waals surface area contributed by atoms with Gasteiger partial charge in [0.25, 0.3) is 0 Å². The van der Waals surface area contributed by atoms with Crippen molar-refractivity contribution in [3.8, 4) is 5.75 Å². The fourth-order valence-electron chi connectivity index (χ4n) is 2.93. The minimum atomic E-state index is 0.0764. The predicted molar refractivity (Wildman–Crippen MR) is 128 cm³/mol. The Bertz CT molecular complexity index is 947. The SMILES string of the molecule is C=CC(=O)N1CCCC1.N/C(=C\c1cc[nH]c1N)c1ccccc1O.c1ccccc1. The van der Waals surface area contributed by atoms with E-state index in [4.69, 9.17) is 11.5 Å². The van der Waals surface area contributed by atoms with Gasteiger partial charge in [0.2, 0.25) is 5.91 Å². The van der Waals surface area contributed by atoms with Crippen molar-refractivity contribution >= 4 is 23.5 Å². The molecule has 1 aliphatic rings. The monoisotopic (exact) mass is 418 g/mol. The van der Waals surface area contributed by atoms with Crippen LogP contribution >= 0.6 is 0 Å². The number of carbonyl (C=O) groups is 1. The number of nitrogens with two attached hydrogens (primary N) is 2. The fourth-order valence-corrected chi connectivity index (χ4v) is 2.93. The molecule has 1 amide bonds. The first-order valence-electron chi connectivity index (χ1n) is 10.1. The van der Waals surface area contributed by atoms with Gasteiger partial charge in [-0.2, -0.15) is 0 Å². The zero-order valence-corrected chi connectivity index (χ0v) is 17.6. The van der Waals surface area contributed by atoms with Crippen LogP contribution in [0.25, 0.3) is 11.8 Å². The van der Waals surface area contributed by atoms with Crippen molar-refractivity contribution in [3.63, 3.8) is 0 Å². The second-order valence-electron chi connectivity index (χ2n) is 6.85. The molecule has 2 heterocycles. The number of nitrogens with one attached hydrogen (secondary N) is 1. The highest BCUT2D eigenvalue weighted by molar-refractivity contribution is 5.87. The van der Waals surface area contributed by atoms with Crippen LogP contribution in [0.1, 0.15) is 24.0 Å². The van der Waals surface area contributed by atoms with Crippen LogP contribution in [-0.2, 0) is 4.79 Å². The van der Waals surface area contributed by atoms with Gasteiger partial charge in [-0.15, -0.1) is 0 Å². The second kappa shape index (κ2) is 12.6. The van der Waals surface area contributed by atoms with Crippen LogP contribution in [0.5, 0.6) is 5.75 Å². The van der Waals surface area contributed by atoms with E-state index in [2.05, 4.69) is 11.6 Å². The number of likely N-dealkylation sites (tertiary alicyclic amines) is 1. The minimum absolute atomic E-state index is 0.0764. The molecule has 0 atom stereocenters. The predicted octanol–water partition coefficient (Wildman–Crippen LogP) is 4.24. The third-order valence-electron chi connectivity index (χ3n) is 4.60. The number of benzene rings is 2. The van der Waals surface area contributed by atoms with Gasteiger partial charge in [0.1, 0.15) is 11.6 Å². The lowest BCUT2D eigenvalue weighted by Crippen LogP contribution is -2.25. The van der Waals surface area contributed by atoms with Gasteiger partial charge < -0.3 is 26.5 Å². The lowest BCUT2D eigenvalue weighted by atomic mass is 10.1. The average molecular weight is 419 g/mol. The van der Waals surface area contributed by atoms with Gasteiger partial charge in [0.15, 0.2) is 0 Å². The molecule has 0 bridgehead atoms. The van der Waals surface area contributed by atoms with Crippen LogP contribution in [0.15, 0.2) is 85.6 Å². The Balaban J connectivity index is 0.000000190. The van der Waals surface area contributed by atoms with E-state index in [0.717, 1.165) is 31.5 Å². The Morgan fingerprint density at radius 3 is 2.06 bits per heavy atom. The first-order valence-corrected chi connectivity index (χ1v) is 10.1. The quantitative estimate of drug-likeness (QED) is 0.477. The number of nitrogens with zero attached hydrogens (tertiary/aromatic N) is 1. The number of amides is 1. The summed E-state index contributed by atoms with van der Waals surface area (Å²) in [4.78, 5) is 15.5. The van der Waals surface area contributed by atoms with Gasteiger partial charge in [-0.1, -0.05) is 55.1 Å². The number of aromatic hydroxyl groups is 1. The molecule has 1 aromatic heterocycles. The Morgan fingerprint density at radius 2 is 1.58 bits per heavy atom. The molecule has 0 spiro atoms. The lowest BCUT2D eigenvalue weighted by molar-refractivity contribution is -0.124. The number of hydrogen-bond acceptors (Lipinski definition) is 4. The number of phenolic OH excluding ortho intramolecular Hbond substituents is 1. The zero-order valence-electron chi connectivity index (χ0n) is 17.6. The van der Waals surface area contributed by atoms with E-state index >= 15 is 0 Å². The van der Waals surface area contributed by atoms with Crippen molar-refractivity contribution in [1.82, 2.24) is 9.88 Å². The molecule has 3 aromatic rings. The van der Waals surface area contributed by atoms with Gasteiger partial charge in [-0.05, 0) is 43.2 Å². The number of H-pyrrole nitrogens is 1. The molecule has 31 heavy (non-hydrogen) atoms. The van der Waals surface area contributed by atoms with Crippen LogP contribution in [0.2, 0.25) is 0 Å². The Labute approximate surface area is 183 Å². The summed E-state index contributed by atoms with van der Waals surface area (Å²) in [6.07, 6.45) is 7.14. The molecule has 0 aliphatic carbocycles. The highest BCUT2D eigenvalue weighted by Crippen LogP contribution is 2.24. The summed E-state index contributed by atoms with van der Waals surface area (Å²) in [5.74, 6) is 0.788. The number of aromatic amines is 1. The van der Waals surface area contributed by atoms with Crippen molar-refractivity contribution in [2.75, 3.05) is 18.8 Å². The molecule has 162 valence electrons. The van der Waals surface area contributed by atoms with E-state index in [0.29, 0.717) is 17.1 Å². The zero-order chi connectivity index (χ0) is 22.5. The highest BCUT2D eigenvalue weighted by atomic mass is 16.3. The van der Waals surface area contributed by atoms with Crippen LogP contribution in [-0.4, -0.2) is 34.0 Å². The summed E-state index contributed by atoms with van der Waals surface area (Å²) in [7, 11) is 0. The molecular formula is C25H30N4O2. The molecule has 1 fully saturated rings. The maximum atomic E-state index is 10.8. The Morgan fingerprint density at radius 1 is 1.00 bits per heavy atom. The number of rotatable bonds is 3. The largest absolute Gasteiger partial charge is 0.507 e. The van der Waals surface area contributed by atoms with E-state index < -0.39 is 0 Å². The van der Waals surface area contributed by atoms with Crippen molar-refractivity contribution in [1.29, 1.82) is 0 Å². The molecule has 1 saturated heterocycles. The number of para-hydroxylation sites is 1. The Hall–Kier alpha value is -3.93. The van der Waals surface area contributed by atoms with E-state index in [9.17, 15) is 9.90 Å². The van der Waals surface area contributed by atoms with E-state index in [1.165, 1.54) is 6.08 Å². The van der Waals surface area contributed by atoms with Gasteiger partial charge in [-0.25, -0.2) is 0 Å². The van der Waals surface area contributed by atoms with Gasteiger partial charge >= 0.3 is 0 Å². The van der Waals surface area contributed by atoms with E-state index in [1.54, 1.807) is 30.5 Å². The summed E-state index contributed by atoms with van der Waals surface area (Å²) in [5, 5.41) is 9.62. The summed E-state index contributed by atoms with van der Waals surface area (Å²) < 4.78 is 0. The molecule has 0 radical (unpaired) electrons. The third kappa shape index (κ3) is 7.78. The number of hydrogen-bond donors (Lipinski definition) is 4. The standard InChI is InChI=1S/C12H13N3O.C7H11NO.C6H6/c13-10(7-8-5-6-15-12(8)14)9-3-1-2-4-11(9)16;1-2-7(9)8-5-3-4-6-8;1-2-4-6-5-3-1/h1-7,15-16H,13-14H2;2H,1,3-6H2;1-6H/b10-7-;;. The van der Waals surface area contributed by atoms with E-state index in [1.807, 2.05) is 53.4 Å². The van der Waals surface area contributed by atoms with E-state index in [-0.39, 0.29) is 11.7 Å². The van der Waals surface area contributed by atoms with Crippen molar-refractivity contribution in [2.45, 2.75) is 12.8 Å². The molecule has 0 saturated carbocycles. The normalized spacial score (nSPS) is 12.8. The summed E-state index contributed by atoms with van der Waals surface area (Å²) in [6.45, 7) is 5.26. The summed E-state index contributed by atoms with van der Waals surface area (Å²) in [5.41, 5.74) is 13.5. The fraction of sp³-hybridized carbons (Fsp3) is 0.160. The molecule has 4 rings (SSSR count). The highest BCUT2D eigenvalue weighted by Gasteiger charge is 2.14. The van der Waals surface area contributed by atoms with Crippen LogP contribution in [0, 0.1) is 0 Å². The van der Waals surface area contributed by atoms with Crippen molar-refractivity contribution in [3.05, 3.63) is 96.7 Å². The molecule has 6 heteroatoms. The number of aromatic nitrogens is 1. The first kappa shape index (κ1) is 23.3. The van der Waals surface area contributed by atoms with Crippen LogP contribution in [0.4, 0.5) is 5.82 Å². The lowest BCUT2D eigenvalue weighted by Gasteiger charge is -2.10. The van der Waals surface area contributed by atoms with Gasteiger partial charge in [0.05, 0.1) is 0 Å². The molecule has 1 aliphatic heterocycles. The van der Waals surface area contributed by atoms with Crippen molar-refractivity contribution in [2.24, 2.45) is 5.73 Å². The molecule has 6 N–H and O–H groups in total.